The molecule has 3 rings (SSSR count). The van der Waals surface area contributed by atoms with Crippen molar-refractivity contribution in [3.05, 3.63) is 29.8 Å². The van der Waals surface area contributed by atoms with Crippen LogP contribution in [0.2, 0.25) is 0 Å². The number of amides is 2. The second-order valence-corrected chi connectivity index (χ2v) is 8.03. The number of para-hydroxylation sites is 1. The van der Waals surface area contributed by atoms with Gasteiger partial charge < -0.3 is 24.4 Å². The molecule has 1 aromatic carbocycles. The van der Waals surface area contributed by atoms with Crippen molar-refractivity contribution in [2.24, 2.45) is 5.92 Å². The Labute approximate surface area is 176 Å². The van der Waals surface area contributed by atoms with E-state index >= 15 is 0 Å². The number of hydrogen-bond donors (Lipinski definition) is 1. The van der Waals surface area contributed by atoms with Crippen molar-refractivity contribution < 1.29 is 28.6 Å². The van der Waals surface area contributed by atoms with Gasteiger partial charge in [-0.25, -0.2) is 0 Å². The second-order valence-electron chi connectivity index (χ2n) is 8.03. The zero-order chi connectivity index (χ0) is 21.5. The van der Waals surface area contributed by atoms with Gasteiger partial charge in [0.1, 0.15) is 18.4 Å². The summed E-state index contributed by atoms with van der Waals surface area (Å²) in [5, 5.41) is 2.73. The molecule has 30 heavy (non-hydrogen) atoms. The molecule has 2 saturated heterocycles. The Morgan fingerprint density at radius 1 is 1.30 bits per heavy atom. The molecule has 2 atom stereocenters. The third kappa shape index (κ3) is 5.72. The predicted octanol–water partition coefficient (Wildman–Crippen LogP) is 1.77. The average Bonchev–Trinajstić information content (AvgIpc) is 3.25. The van der Waals surface area contributed by atoms with Crippen molar-refractivity contribution >= 4 is 17.8 Å². The minimum absolute atomic E-state index is 0.0862. The Balaban J connectivity index is 1.68. The van der Waals surface area contributed by atoms with Crippen LogP contribution >= 0.6 is 0 Å². The minimum atomic E-state index is -0.915. The Morgan fingerprint density at radius 3 is 2.83 bits per heavy atom. The summed E-state index contributed by atoms with van der Waals surface area (Å²) in [6, 6.07) is 6.06. The molecular weight excluding hydrogens is 388 g/mol. The Hall–Kier alpha value is -2.61. The van der Waals surface area contributed by atoms with Crippen LogP contribution in [0.25, 0.3) is 0 Å². The summed E-state index contributed by atoms with van der Waals surface area (Å²) < 4.78 is 16.5. The Kier molecular flexibility index (Phi) is 7.68. The number of hydrogen-bond acceptors (Lipinski definition) is 6. The van der Waals surface area contributed by atoms with Crippen LogP contribution < -0.4 is 10.1 Å². The van der Waals surface area contributed by atoms with Crippen LogP contribution in [0.3, 0.4) is 0 Å². The lowest BCUT2D eigenvalue weighted by molar-refractivity contribution is -0.150. The summed E-state index contributed by atoms with van der Waals surface area (Å²) in [6.45, 7) is 6.02. The molecule has 164 valence electrons. The third-order valence-corrected chi connectivity index (χ3v) is 5.10. The molecular formula is C22H30N2O6. The van der Waals surface area contributed by atoms with E-state index in [0.29, 0.717) is 43.5 Å². The fourth-order valence-corrected chi connectivity index (χ4v) is 3.52. The lowest BCUT2D eigenvalue weighted by atomic mass is 10.1. The van der Waals surface area contributed by atoms with Crippen LogP contribution in [0, 0.1) is 5.92 Å². The minimum Gasteiger partial charge on any atom is -0.492 e. The molecule has 0 aliphatic carbocycles. The molecule has 8 heteroatoms. The molecule has 1 aromatic rings. The van der Waals surface area contributed by atoms with Crippen molar-refractivity contribution in [2.75, 3.05) is 32.9 Å². The van der Waals surface area contributed by atoms with Gasteiger partial charge in [-0.05, 0) is 30.9 Å². The SMILES string of the molecule is CC(C)COc1ccccc1C(=O)N1CCNC(=O)C1CC(=O)OCC1CCCO1. The van der Waals surface area contributed by atoms with Gasteiger partial charge in [0, 0.05) is 19.7 Å². The molecule has 2 aliphatic rings. The normalized spacial score (nSPS) is 21.4. The summed E-state index contributed by atoms with van der Waals surface area (Å²) in [6.07, 6.45) is 1.53. The monoisotopic (exact) mass is 418 g/mol. The van der Waals surface area contributed by atoms with Gasteiger partial charge in [0.25, 0.3) is 5.91 Å². The molecule has 0 aromatic heterocycles. The molecule has 2 heterocycles. The molecule has 8 nitrogen and oxygen atoms in total. The lowest BCUT2D eigenvalue weighted by Crippen LogP contribution is -2.58. The number of benzene rings is 1. The number of nitrogens with one attached hydrogen (secondary N) is 1. The van der Waals surface area contributed by atoms with Crippen LogP contribution in [-0.4, -0.2) is 67.7 Å². The topological polar surface area (TPSA) is 94.2 Å². The molecule has 0 spiro atoms. The highest BCUT2D eigenvalue weighted by molar-refractivity contribution is 6.01. The summed E-state index contributed by atoms with van der Waals surface area (Å²) in [5.41, 5.74) is 0.380. The number of piperazine rings is 1. The number of ether oxygens (including phenoxy) is 3. The van der Waals surface area contributed by atoms with Gasteiger partial charge in [-0.15, -0.1) is 0 Å². The van der Waals surface area contributed by atoms with Gasteiger partial charge >= 0.3 is 5.97 Å². The van der Waals surface area contributed by atoms with Crippen molar-refractivity contribution in [1.82, 2.24) is 10.2 Å². The summed E-state index contributed by atoms with van der Waals surface area (Å²) in [7, 11) is 0. The fraction of sp³-hybridized carbons (Fsp3) is 0.591. The highest BCUT2D eigenvalue weighted by atomic mass is 16.6. The first-order valence-corrected chi connectivity index (χ1v) is 10.5. The van der Waals surface area contributed by atoms with E-state index in [1.807, 2.05) is 13.8 Å². The van der Waals surface area contributed by atoms with Crippen molar-refractivity contribution in [2.45, 2.75) is 45.3 Å². The van der Waals surface area contributed by atoms with Gasteiger partial charge in [0.15, 0.2) is 0 Å². The van der Waals surface area contributed by atoms with Crippen molar-refractivity contribution in [3.8, 4) is 5.75 Å². The smallest absolute Gasteiger partial charge is 0.308 e. The second kappa shape index (κ2) is 10.4. The summed E-state index contributed by atoms with van der Waals surface area (Å²) in [4.78, 5) is 39.5. The van der Waals surface area contributed by atoms with Crippen LogP contribution in [0.5, 0.6) is 5.75 Å². The lowest BCUT2D eigenvalue weighted by Gasteiger charge is -2.35. The number of carbonyl (C=O) groups is 3. The Bertz CT molecular complexity index is 760. The number of nitrogens with zero attached hydrogens (tertiary/aromatic N) is 1. The Morgan fingerprint density at radius 2 is 2.10 bits per heavy atom. The zero-order valence-electron chi connectivity index (χ0n) is 17.6. The van der Waals surface area contributed by atoms with Crippen LogP contribution in [-0.2, 0) is 19.1 Å². The summed E-state index contributed by atoms with van der Waals surface area (Å²) in [5.74, 6) is -0.428. The van der Waals surface area contributed by atoms with E-state index < -0.39 is 12.0 Å². The van der Waals surface area contributed by atoms with E-state index in [1.54, 1.807) is 24.3 Å². The highest BCUT2D eigenvalue weighted by Gasteiger charge is 2.36. The largest absolute Gasteiger partial charge is 0.492 e. The average molecular weight is 418 g/mol. The van der Waals surface area contributed by atoms with Crippen LogP contribution in [0.1, 0.15) is 43.5 Å². The predicted molar refractivity (Wildman–Crippen MR) is 109 cm³/mol. The van der Waals surface area contributed by atoms with Crippen molar-refractivity contribution in [1.29, 1.82) is 0 Å². The van der Waals surface area contributed by atoms with Gasteiger partial charge in [-0.1, -0.05) is 26.0 Å². The standard InChI is InChI=1S/C22H30N2O6/c1-15(2)13-29-19-8-4-3-7-17(19)22(27)24-10-9-23-21(26)18(24)12-20(25)30-14-16-6-5-11-28-16/h3-4,7-8,15-16,18H,5-6,9-14H2,1-2H3,(H,23,26). The maximum atomic E-state index is 13.3. The number of rotatable bonds is 8. The maximum Gasteiger partial charge on any atom is 0.308 e. The molecule has 2 fully saturated rings. The van der Waals surface area contributed by atoms with E-state index in [0.717, 1.165) is 12.8 Å². The van der Waals surface area contributed by atoms with Crippen LogP contribution in [0.15, 0.2) is 24.3 Å². The molecule has 2 aliphatic heterocycles. The van der Waals surface area contributed by atoms with Gasteiger partial charge in [0.05, 0.1) is 24.7 Å². The van der Waals surface area contributed by atoms with Gasteiger partial charge in [-0.2, -0.15) is 0 Å². The zero-order valence-corrected chi connectivity index (χ0v) is 17.6. The summed E-state index contributed by atoms with van der Waals surface area (Å²) >= 11 is 0. The van der Waals surface area contributed by atoms with Crippen LogP contribution in [0.4, 0.5) is 0 Å². The van der Waals surface area contributed by atoms with E-state index in [9.17, 15) is 14.4 Å². The maximum absolute atomic E-state index is 13.3. The molecule has 0 bridgehead atoms. The number of carbonyl (C=O) groups excluding carboxylic acids is 3. The molecule has 2 unspecified atom stereocenters. The molecule has 2 amide bonds. The van der Waals surface area contributed by atoms with Gasteiger partial charge in [-0.3, -0.25) is 14.4 Å². The molecule has 0 radical (unpaired) electrons. The van der Waals surface area contributed by atoms with Gasteiger partial charge in [0.2, 0.25) is 5.91 Å². The first kappa shape index (κ1) is 22.1. The van der Waals surface area contributed by atoms with E-state index in [2.05, 4.69) is 5.32 Å². The van der Waals surface area contributed by atoms with E-state index in [4.69, 9.17) is 14.2 Å². The molecule has 1 N–H and O–H groups in total. The highest BCUT2D eigenvalue weighted by Crippen LogP contribution is 2.23. The quantitative estimate of drug-likeness (QED) is 0.647. The number of esters is 1. The first-order valence-electron chi connectivity index (χ1n) is 10.5. The van der Waals surface area contributed by atoms with Crippen molar-refractivity contribution in [3.63, 3.8) is 0 Å². The molecule has 0 saturated carbocycles. The first-order chi connectivity index (χ1) is 14.5. The van der Waals surface area contributed by atoms with E-state index in [-0.39, 0.29) is 30.9 Å². The third-order valence-electron chi connectivity index (χ3n) is 5.10. The fourth-order valence-electron chi connectivity index (χ4n) is 3.52. The van der Waals surface area contributed by atoms with E-state index in [1.165, 1.54) is 4.90 Å².